The standard InChI is InChI=1S/C12H8ClO4P/c13-9-5-7-10(8-6-9)15-18(14)16-11-3-1-2-4-12(11)17-18/h1-8H. The van der Waals surface area contributed by atoms with Gasteiger partial charge in [-0.3, -0.25) is 0 Å². The molecule has 18 heavy (non-hydrogen) atoms. The van der Waals surface area contributed by atoms with Gasteiger partial charge in [-0.25, -0.2) is 0 Å². The third kappa shape index (κ3) is 2.17. The predicted octanol–water partition coefficient (Wildman–Crippen LogP) is 4.30. The van der Waals surface area contributed by atoms with Crippen molar-refractivity contribution in [3.63, 3.8) is 0 Å². The van der Waals surface area contributed by atoms with Crippen molar-refractivity contribution in [2.24, 2.45) is 0 Å². The lowest BCUT2D eigenvalue weighted by molar-refractivity contribution is 0.331. The van der Waals surface area contributed by atoms with Crippen LogP contribution in [0.3, 0.4) is 0 Å². The summed E-state index contributed by atoms with van der Waals surface area (Å²) in [4.78, 5) is 0. The summed E-state index contributed by atoms with van der Waals surface area (Å²) in [7, 11) is -3.63. The van der Waals surface area contributed by atoms with Crippen molar-refractivity contribution in [2.45, 2.75) is 0 Å². The van der Waals surface area contributed by atoms with E-state index in [2.05, 4.69) is 0 Å². The smallest absolute Gasteiger partial charge is 0.386 e. The van der Waals surface area contributed by atoms with Crippen LogP contribution < -0.4 is 13.6 Å². The molecule has 0 fully saturated rings. The number of rotatable bonds is 2. The maximum absolute atomic E-state index is 12.2. The number of fused-ring (bicyclic) bond motifs is 1. The van der Waals surface area contributed by atoms with E-state index in [9.17, 15) is 4.57 Å². The van der Waals surface area contributed by atoms with Crippen molar-refractivity contribution in [3.8, 4) is 17.2 Å². The summed E-state index contributed by atoms with van der Waals surface area (Å²) in [6.07, 6.45) is 0. The van der Waals surface area contributed by atoms with E-state index in [0.717, 1.165) is 0 Å². The SMILES string of the molecule is O=P1(Oc2ccc(Cl)cc2)Oc2ccccc2O1. The van der Waals surface area contributed by atoms with Gasteiger partial charge < -0.3 is 13.6 Å². The van der Waals surface area contributed by atoms with E-state index in [1.165, 1.54) is 0 Å². The van der Waals surface area contributed by atoms with Crippen LogP contribution in [0, 0.1) is 0 Å². The summed E-state index contributed by atoms with van der Waals surface area (Å²) in [6, 6.07) is 13.3. The first-order valence-corrected chi connectivity index (χ1v) is 7.02. The first kappa shape index (κ1) is 11.5. The number of phosphoric acid groups is 1. The molecule has 4 nitrogen and oxygen atoms in total. The highest BCUT2D eigenvalue weighted by Gasteiger charge is 2.40. The van der Waals surface area contributed by atoms with Crippen LogP contribution >= 0.6 is 19.4 Å². The monoisotopic (exact) mass is 282 g/mol. The Morgan fingerprint density at radius 1 is 0.944 bits per heavy atom. The van der Waals surface area contributed by atoms with Gasteiger partial charge in [0.15, 0.2) is 11.5 Å². The van der Waals surface area contributed by atoms with Crippen LogP contribution in [-0.2, 0) is 4.57 Å². The first-order chi connectivity index (χ1) is 8.65. The van der Waals surface area contributed by atoms with Crippen molar-refractivity contribution < 1.29 is 18.1 Å². The molecule has 0 atom stereocenters. The molecule has 1 heterocycles. The third-order valence-electron chi connectivity index (χ3n) is 2.30. The van der Waals surface area contributed by atoms with Gasteiger partial charge >= 0.3 is 7.82 Å². The van der Waals surface area contributed by atoms with Gasteiger partial charge in [0.05, 0.1) is 0 Å². The van der Waals surface area contributed by atoms with E-state index in [4.69, 9.17) is 25.2 Å². The highest BCUT2D eigenvalue weighted by atomic mass is 35.5. The van der Waals surface area contributed by atoms with Gasteiger partial charge in [0.1, 0.15) is 5.75 Å². The summed E-state index contributed by atoms with van der Waals surface area (Å²) < 4.78 is 27.9. The summed E-state index contributed by atoms with van der Waals surface area (Å²) in [5, 5.41) is 0.567. The minimum absolute atomic E-state index is 0.371. The van der Waals surface area contributed by atoms with Gasteiger partial charge in [-0.2, -0.15) is 4.57 Å². The van der Waals surface area contributed by atoms with E-state index >= 15 is 0 Å². The molecule has 6 heteroatoms. The zero-order valence-electron chi connectivity index (χ0n) is 9.08. The summed E-state index contributed by atoms with van der Waals surface area (Å²) in [5.41, 5.74) is 0. The highest BCUT2D eigenvalue weighted by molar-refractivity contribution is 7.50. The highest BCUT2D eigenvalue weighted by Crippen LogP contribution is 2.58. The number of hydrogen-bond acceptors (Lipinski definition) is 4. The van der Waals surface area contributed by atoms with Crippen molar-refractivity contribution >= 4 is 19.4 Å². The quantitative estimate of drug-likeness (QED) is 0.770. The predicted molar refractivity (Wildman–Crippen MR) is 67.4 cm³/mol. The third-order valence-corrected chi connectivity index (χ3v) is 3.83. The van der Waals surface area contributed by atoms with Crippen molar-refractivity contribution in [1.29, 1.82) is 0 Å². The van der Waals surface area contributed by atoms with Crippen LogP contribution in [0.5, 0.6) is 17.2 Å². The average molecular weight is 283 g/mol. The van der Waals surface area contributed by atoms with Crippen molar-refractivity contribution in [3.05, 3.63) is 53.6 Å². The van der Waals surface area contributed by atoms with Crippen LogP contribution in [0.25, 0.3) is 0 Å². The van der Waals surface area contributed by atoms with Gasteiger partial charge in [-0.1, -0.05) is 23.7 Å². The van der Waals surface area contributed by atoms with Gasteiger partial charge in [-0.05, 0) is 36.4 Å². The Morgan fingerprint density at radius 3 is 2.06 bits per heavy atom. The lowest BCUT2D eigenvalue weighted by atomic mass is 10.3. The number of halogens is 1. The number of phosphoric ester groups is 1. The molecule has 0 radical (unpaired) electrons. The van der Waals surface area contributed by atoms with Crippen LogP contribution in [-0.4, -0.2) is 0 Å². The molecular formula is C12H8ClO4P. The summed E-state index contributed by atoms with van der Waals surface area (Å²) in [5.74, 6) is 1.19. The number of benzene rings is 2. The van der Waals surface area contributed by atoms with Crippen molar-refractivity contribution in [2.75, 3.05) is 0 Å². The molecule has 1 aliphatic rings. The molecule has 92 valence electrons. The maximum atomic E-state index is 12.2. The molecule has 0 aliphatic carbocycles. The van der Waals surface area contributed by atoms with Crippen molar-refractivity contribution in [1.82, 2.24) is 0 Å². The normalized spacial score (nSPS) is 15.4. The zero-order chi connectivity index (χ0) is 12.6. The second kappa shape index (κ2) is 4.23. The molecule has 0 spiro atoms. The Morgan fingerprint density at radius 2 is 1.50 bits per heavy atom. The number of hydrogen-bond donors (Lipinski definition) is 0. The Bertz CT molecular complexity index is 597. The van der Waals surface area contributed by atoms with Crippen LogP contribution in [0.1, 0.15) is 0 Å². The Kier molecular flexibility index (Phi) is 2.69. The largest absolute Gasteiger partial charge is 0.647 e. The molecule has 0 saturated carbocycles. The first-order valence-electron chi connectivity index (χ1n) is 5.18. The molecule has 1 aliphatic heterocycles. The van der Waals surface area contributed by atoms with E-state index in [1.54, 1.807) is 48.5 Å². The van der Waals surface area contributed by atoms with Gasteiger partial charge in [-0.15, -0.1) is 0 Å². The second-order valence-electron chi connectivity index (χ2n) is 3.62. The van der Waals surface area contributed by atoms with Gasteiger partial charge in [0, 0.05) is 5.02 Å². The van der Waals surface area contributed by atoms with Crippen LogP contribution in [0.2, 0.25) is 5.02 Å². The van der Waals surface area contributed by atoms with E-state index in [-0.39, 0.29) is 0 Å². The zero-order valence-corrected chi connectivity index (χ0v) is 10.7. The molecule has 0 N–H and O–H groups in total. The van der Waals surface area contributed by atoms with E-state index in [0.29, 0.717) is 22.3 Å². The van der Waals surface area contributed by atoms with Crippen LogP contribution in [0.15, 0.2) is 48.5 Å². The van der Waals surface area contributed by atoms with Gasteiger partial charge in [0.25, 0.3) is 0 Å². The molecular weight excluding hydrogens is 275 g/mol. The maximum Gasteiger partial charge on any atom is 0.647 e. The van der Waals surface area contributed by atoms with E-state index in [1.807, 2.05) is 0 Å². The average Bonchev–Trinajstić information content (AvgIpc) is 2.68. The molecule has 2 aromatic rings. The molecule has 0 bridgehead atoms. The van der Waals surface area contributed by atoms with Gasteiger partial charge in [0.2, 0.25) is 0 Å². The second-order valence-corrected chi connectivity index (χ2v) is 5.50. The molecule has 0 aromatic heterocycles. The number of para-hydroxylation sites is 2. The fraction of sp³-hybridized carbons (Fsp3) is 0. The molecule has 0 saturated heterocycles. The topological polar surface area (TPSA) is 44.8 Å². The molecule has 2 aromatic carbocycles. The summed E-state index contributed by atoms with van der Waals surface area (Å²) >= 11 is 5.75. The minimum atomic E-state index is -3.63. The minimum Gasteiger partial charge on any atom is -0.386 e. The van der Waals surface area contributed by atoms with E-state index < -0.39 is 7.82 Å². The Labute approximate surface area is 109 Å². The fourth-order valence-corrected chi connectivity index (χ4v) is 2.92. The molecule has 0 amide bonds. The Hall–Kier alpha value is -1.64. The summed E-state index contributed by atoms with van der Waals surface area (Å²) in [6.45, 7) is 0. The lowest BCUT2D eigenvalue weighted by Crippen LogP contribution is -2.00. The molecule has 3 rings (SSSR count). The fourth-order valence-electron chi connectivity index (χ4n) is 1.52. The lowest BCUT2D eigenvalue weighted by Gasteiger charge is -2.10. The Balaban J connectivity index is 1.83. The molecule has 0 unspecified atom stereocenters. The van der Waals surface area contributed by atoms with Crippen LogP contribution in [0.4, 0.5) is 0 Å².